The molecule has 1 atom stereocenters. The molecule has 18 heavy (non-hydrogen) atoms. The summed E-state index contributed by atoms with van der Waals surface area (Å²) in [6.45, 7) is 4.80. The first-order chi connectivity index (χ1) is 8.33. The van der Waals surface area contributed by atoms with Crippen LogP contribution in [0.15, 0.2) is 0 Å². The van der Waals surface area contributed by atoms with Gasteiger partial charge in [0.05, 0.1) is 16.8 Å². The number of carbonyl (C=O) groups excluding carboxylic acids is 1. The molecule has 2 heterocycles. The van der Waals surface area contributed by atoms with E-state index in [0.717, 1.165) is 0 Å². The van der Waals surface area contributed by atoms with Gasteiger partial charge in [-0.1, -0.05) is 0 Å². The molecule has 0 bridgehead atoms. The van der Waals surface area contributed by atoms with Gasteiger partial charge in [0.15, 0.2) is 5.82 Å². The Kier molecular flexibility index (Phi) is 3.06. The van der Waals surface area contributed by atoms with Gasteiger partial charge in [0, 0.05) is 13.1 Å². The second-order valence-electron chi connectivity index (χ2n) is 4.91. The standard InChI is InChI=1S/C11H16ClN5O/c1-6-7(13)8(16-10(12)15-6)17-4-3-11(2,5-17)9(14)18/h3-5,13H2,1-2H3,(H2,14,18). The lowest BCUT2D eigenvalue weighted by Crippen LogP contribution is -2.37. The van der Waals surface area contributed by atoms with Crippen molar-refractivity contribution in [1.82, 2.24) is 9.97 Å². The van der Waals surface area contributed by atoms with Crippen molar-refractivity contribution in [2.45, 2.75) is 20.3 Å². The molecule has 1 unspecified atom stereocenters. The molecule has 0 spiro atoms. The minimum absolute atomic E-state index is 0.157. The van der Waals surface area contributed by atoms with Crippen LogP contribution in [0.5, 0.6) is 0 Å². The maximum absolute atomic E-state index is 11.4. The number of hydrogen-bond acceptors (Lipinski definition) is 5. The number of aryl methyl sites for hydroxylation is 1. The maximum Gasteiger partial charge on any atom is 0.225 e. The van der Waals surface area contributed by atoms with Crippen molar-refractivity contribution in [3.05, 3.63) is 11.0 Å². The third-order valence-electron chi connectivity index (χ3n) is 3.46. The molecule has 4 N–H and O–H groups in total. The minimum Gasteiger partial charge on any atom is -0.394 e. The number of rotatable bonds is 2. The van der Waals surface area contributed by atoms with Crippen molar-refractivity contribution in [2.75, 3.05) is 23.7 Å². The fourth-order valence-electron chi connectivity index (χ4n) is 2.12. The highest BCUT2D eigenvalue weighted by Crippen LogP contribution is 2.35. The molecule has 1 aromatic rings. The Hall–Kier alpha value is -1.56. The summed E-state index contributed by atoms with van der Waals surface area (Å²) in [5.41, 5.74) is 12.0. The van der Waals surface area contributed by atoms with Gasteiger partial charge in [-0.2, -0.15) is 4.98 Å². The van der Waals surface area contributed by atoms with Crippen LogP contribution in [-0.2, 0) is 4.79 Å². The number of nitrogens with two attached hydrogens (primary N) is 2. The average Bonchev–Trinajstić information content (AvgIpc) is 2.67. The normalized spacial score (nSPS) is 23.4. The van der Waals surface area contributed by atoms with Crippen LogP contribution in [0, 0.1) is 12.3 Å². The Labute approximate surface area is 110 Å². The van der Waals surface area contributed by atoms with Crippen molar-refractivity contribution in [3.63, 3.8) is 0 Å². The number of aromatic nitrogens is 2. The molecular weight excluding hydrogens is 254 g/mol. The third-order valence-corrected chi connectivity index (χ3v) is 3.63. The van der Waals surface area contributed by atoms with Gasteiger partial charge in [-0.15, -0.1) is 0 Å². The number of primary amides is 1. The molecule has 2 rings (SSSR count). The predicted octanol–water partition coefficient (Wildman–Crippen LogP) is 0.722. The molecule has 0 saturated carbocycles. The van der Waals surface area contributed by atoms with Gasteiger partial charge in [-0.05, 0) is 31.9 Å². The summed E-state index contributed by atoms with van der Waals surface area (Å²) < 4.78 is 0. The number of carbonyl (C=O) groups is 1. The van der Waals surface area contributed by atoms with E-state index >= 15 is 0 Å². The van der Waals surface area contributed by atoms with Crippen LogP contribution in [0.3, 0.4) is 0 Å². The van der Waals surface area contributed by atoms with E-state index in [1.807, 2.05) is 11.8 Å². The quantitative estimate of drug-likeness (QED) is 0.771. The van der Waals surface area contributed by atoms with Crippen molar-refractivity contribution < 1.29 is 4.79 Å². The molecule has 1 amide bonds. The highest BCUT2D eigenvalue weighted by atomic mass is 35.5. The molecule has 1 aliphatic heterocycles. The molecule has 0 aliphatic carbocycles. The van der Waals surface area contributed by atoms with Crippen molar-refractivity contribution in [2.24, 2.45) is 11.1 Å². The molecule has 1 aliphatic rings. The number of halogens is 1. The molecular formula is C11H16ClN5O. The number of nitrogen functional groups attached to an aromatic ring is 1. The van der Waals surface area contributed by atoms with Crippen molar-refractivity contribution in [1.29, 1.82) is 0 Å². The van der Waals surface area contributed by atoms with Crippen LogP contribution in [-0.4, -0.2) is 29.0 Å². The molecule has 0 radical (unpaired) electrons. The Balaban J connectivity index is 2.33. The number of hydrogen-bond donors (Lipinski definition) is 2. The van der Waals surface area contributed by atoms with E-state index in [-0.39, 0.29) is 11.2 Å². The number of amides is 1. The monoisotopic (exact) mass is 269 g/mol. The van der Waals surface area contributed by atoms with Gasteiger partial charge in [0.2, 0.25) is 11.2 Å². The lowest BCUT2D eigenvalue weighted by Gasteiger charge is -2.23. The number of nitrogens with zero attached hydrogens (tertiary/aromatic N) is 3. The van der Waals surface area contributed by atoms with E-state index < -0.39 is 5.41 Å². The van der Waals surface area contributed by atoms with Crippen LogP contribution >= 0.6 is 11.6 Å². The summed E-state index contributed by atoms with van der Waals surface area (Å²) in [4.78, 5) is 21.5. The average molecular weight is 270 g/mol. The van der Waals surface area contributed by atoms with Gasteiger partial charge in [-0.25, -0.2) is 4.98 Å². The van der Waals surface area contributed by atoms with Gasteiger partial charge in [-0.3, -0.25) is 4.79 Å². The SMILES string of the molecule is Cc1nc(Cl)nc(N2CCC(C)(C(N)=O)C2)c1N. The van der Waals surface area contributed by atoms with Gasteiger partial charge in [0.1, 0.15) is 0 Å². The topological polar surface area (TPSA) is 98.1 Å². The first kappa shape index (κ1) is 12.9. The van der Waals surface area contributed by atoms with Crippen LogP contribution in [0.4, 0.5) is 11.5 Å². The summed E-state index contributed by atoms with van der Waals surface area (Å²) in [5, 5.41) is 0.157. The fourth-order valence-corrected chi connectivity index (χ4v) is 2.32. The predicted molar refractivity (Wildman–Crippen MR) is 70.3 cm³/mol. The Morgan fingerprint density at radius 2 is 2.17 bits per heavy atom. The summed E-state index contributed by atoms with van der Waals surface area (Å²) in [6, 6.07) is 0. The fraction of sp³-hybridized carbons (Fsp3) is 0.545. The van der Waals surface area contributed by atoms with E-state index in [4.69, 9.17) is 23.1 Å². The zero-order chi connectivity index (χ0) is 13.5. The van der Waals surface area contributed by atoms with Crippen LogP contribution < -0.4 is 16.4 Å². The molecule has 7 heteroatoms. The second-order valence-corrected chi connectivity index (χ2v) is 5.25. The minimum atomic E-state index is -0.544. The molecule has 1 aromatic heterocycles. The van der Waals surface area contributed by atoms with E-state index in [1.54, 1.807) is 6.92 Å². The Morgan fingerprint density at radius 3 is 2.72 bits per heavy atom. The van der Waals surface area contributed by atoms with Gasteiger partial charge in [0.25, 0.3) is 0 Å². The maximum atomic E-state index is 11.4. The van der Waals surface area contributed by atoms with Crippen LogP contribution in [0.25, 0.3) is 0 Å². The smallest absolute Gasteiger partial charge is 0.225 e. The molecule has 1 fully saturated rings. The van der Waals surface area contributed by atoms with E-state index in [9.17, 15) is 4.79 Å². The molecule has 98 valence electrons. The largest absolute Gasteiger partial charge is 0.394 e. The first-order valence-electron chi connectivity index (χ1n) is 5.68. The lowest BCUT2D eigenvalue weighted by molar-refractivity contribution is -0.125. The summed E-state index contributed by atoms with van der Waals surface area (Å²) in [5.74, 6) is 0.276. The van der Waals surface area contributed by atoms with Crippen LogP contribution in [0.1, 0.15) is 19.0 Å². The zero-order valence-electron chi connectivity index (χ0n) is 10.4. The summed E-state index contributed by atoms with van der Waals surface area (Å²) in [7, 11) is 0. The zero-order valence-corrected chi connectivity index (χ0v) is 11.2. The van der Waals surface area contributed by atoms with E-state index in [2.05, 4.69) is 9.97 Å². The van der Waals surface area contributed by atoms with Crippen molar-refractivity contribution in [3.8, 4) is 0 Å². The van der Waals surface area contributed by atoms with Crippen LogP contribution in [0.2, 0.25) is 5.28 Å². The highest BCUT2D eigenvalue weighted by Gasteiger charge is 2.40. The molecule has 1 saturated heterocycles. The van der Waals surface area contributed by atoms with Crippen molar-refractivity contribution >= 4 is 29.0 Å². The second kappa shape index (κ2) is 4.28. The Bertz CT molecular complexity index is 506. The first-order valence-corrected chi connectivity index (χ1v) is 6.06. The third kappa shape index (κ3) is 2.08. The van der Waals surface area contributed by atoms with Gasteiger partial charge >= 0.3 is 0 Å². The van der Waals surface area contributed by atoms with E-state index in [1.165, 1.54) is 0 Å². The molecule has 6 nitrogen and oxygen atoms in total. The molecule has 0 aromatic carbocycles. The van der Waals surface area contributed by atoms with E-state index in [0.29, 0.717) is 36.7 Å². The highest BCUT2D eigenvalue weighted by molar-refractivity contribution is 6.28. The Morgan fingerprint density at radius 1 is 1.50 bits per heavy atom. The van der Waals surface area contributed by atoms with Gasteiger partial charge < -0.3 is 16.4 Å². The summed E-state index contributed by atoms with van der Waals surface area (Å²) >= 11 is 5.84. The number of anilines is 2. The summed E-state index contributed by atoms with van der Waals surface area (Å²) in [6.07, 6.45) is 0.683. The lowest BCUT2D eigenvalue weighted by atomic mass is 9.89.